The normalized spacial score (nSPS) is 13.5. The maximum Gasteiger partial charge on any atom is 0.242 e. The van der Waals surface area contributed by atoms with Gasteiger partial charge in [0.1, 0.15) is 11.9 Å². The number of nitrogens with zero attached hydrogens (tertiary/aromatic N) is 2. The summed E-state index contributed by atoms with van der Waals surface area (Å²) in [6, 6.07) is -0.322. The van der Waals surface area contributed by atoms with Gasteiger partial charge in [-0.3, -0.25) is 4.79 Å². The lowest BCUT2D eigenvalue weighted by molar-refractivity contribution is -0.122. The van der Waals surface area contributed by atoms with Crippen LogP contribution in [0.25, 0.3) is 0 Å². The molecule has 6 heteroatoms. The molecule has 0 bridgehead atoms. The third-order valence-corrected chi connectivity index (χ3v) is 2.85. The van der Waals surface area contributed by atoms with E-state index in [0.29, 0.717) is 11.0 Å². The van der Waals surface area contributed by atoms with E-state index >= 15 is 0 Å². The molecule has 1 unspecified atom stereocenters. The van der Waals surface area contributed by atoms with Crippen molar-refractivity contribution < 1.29 is 4.79 Å². The van der Waals surface area contributed by atoms with Crippen molar-refractivity contribution in [1.29, 1.82) is 0 Å². The van der Waals surface area contributed by atoms with Crippen LogP contribution in [0, 0.1) is 0 Å². The lowest BCUT2D eigenvalue weighted by atomic mass is 10.1. The second-order valence-corrected chi connectivity index (χ2v) is 6.47. The van der Waals surface area contributed by atoms with Gasteiger partial charge in [0.25, 0.3) is 0 Å². The molecule has 0 aliphatic rings. The molecule has 102 valence electrons. The Morgan fingerprint density at radius 2 is 1.89 bits per heavy atom. The molecular formula is C12H22N4OS. The summed E-state index contributed by atoms with van der Waals surface area (Å²) in [6.45, 7) is 11.8. The smallest absolute Gasteiger partial charge is 0.242 e. The summed E-state index contributed by atoms with van der Waals surface area (Å²) in [5, 5.41) is 6.69. The predicted molar refractivity (Wildman–Crippen MR) is 75.0 cm³/mol. The van der Waals surface area contributed by atoms with Crippen molar-refractivity contribution in [2.45, 2.75) is 59.0 Å². The van der Waals surface area contributed by atoms with Gasteiger partial charge < -0.3 is 10.6 Å². The van der Waals surface area contributed by atoms with E-state index in [2.05, 4.69) is 20.0 Å². The molecule has 1 heterocycles. The van der Waals surface area contributed by atoms with Gasteiger partial charge in [0.15, 0.2) is 0 Å². The Labute approximate surface area is 113 Å². The van der Waals surface area contributed by atoms with Crippen LogP contribution < -0.4 is 10.6 Å². The monoisotopic (exact) mass is 270 g/mol. The molecule has 0 saturated carbocycles. The topological polar surface area (TPSA) is 66.9 Å². The van der Waals surface area contributed by atoms with Gasteiger partial charge in [-0.25, -0.2) is 4.98 Å². The van der Waals surface area contributed by atoms with E-state index in [1.165, 1.54) is 11.5 Å². The Hall–Kier alpha value is -1.17. The first-order valence-electron chi connectivity index (χ1n) is 6.11. The van der Waals surface area contributed by atoms with E-state index in [4.69, 9.17) is 0 Å². The number of nitrogens with one attached hydrogen (secondary N) is 2. The average Bonchev–Trinajstić information content (AvgIpc) is 2.63. The van der Waals surface area contributed by atoms with Gasteiger partial charge in [-0.2, -0.15) is 4.37 Å². The zero-order valence-corrected chi connectivity index (χ0v) is 12.7. The Balaban J connectivity index is 2.58. The number of anilines is 1. The summed E-state index contributed by atoms with van der Waals surface area (Å²) < 4.78 is 4.24. The number of rotatable bonds is 4. The molecule has 1 rings (SSSR count). The average molecular weight is 270 g/mol. The number of hydrogen-bond donors (Lipinski definition) is 2. The molecule has 0 aromatic carbocycles. The molecule has 0 aliphatic heterocycles. The van der Waals surface area contributed by atoms with Crippen LogP contribution in [0.3, 0.4) is 0 Å². The van der Waals surface area contributed by atoms with Crippen molar-refractivity contribution in [3.8, 4) is 0 Å². The third-order valence-electron chi connectivity index (χ3n) is 2.19. The van der Waals surface area contributed by atoms with Crippen LogP contribution in [0.5, 0.6) is 0 Å². The fourth-order valence-electron chi connectivity index (χ4n) is 1.26. The number of carbonyl (C=O) groups excluding carboxylic acids is 1. The highest BCUT2D eigenvalue weighted by atomic mass is 32.1. The highest BCUT2D eigenvalue weighted by Gasteiger charge is 2.20. The van der Waals surface area contributed by atoms with Crippen molar-refractivity contribution >= 4 is 22.6 Å². The van der Waals surface area contributed by atoms with E-state index in [1.54, 1.807) is 0 Å². The molecule has 0 fully saturated rings. The third kappa shape index (κ3) is 4.60. The zero-order valence-electron chi connectivity index (χ0n) is 11.9. The van der Waals surface area contributed by atoms with Crippen molar-refractivity contribution in [2.24, 2.45) is 0 Å². The summed E-state index contributed by atoms with van der Waals surface area (Å²) in [5.74, 6) is 1.07. The maximum absolute atomic E-state index is 11.9. The quantitative estimate of drug-likeness (QED) is 0.881. The first kappa shape index (κ1) is 14.9. The minimum absolute atomic E-state index is 0.0382. The fraction of sp³-hybridized carbons (Fsp3) is 0.750. The van der Waals surface area contributed by atoms with Crippen molar-refractivity contribution in [2.75, 3.05) is 5.32 Å². The minimum Gasteiger partial charge on any atom is -0.350 e. The number of aromatic nitrogens is 2. The minimum atomic E-state index is -0.322. The number of hydrogen-bond acceptors (Lipinski definition) is 5. The largest absolute Gasteiger partial charge is 0.350 e. The lowest BCUT2D eigenvalue weighted by Crippen LogP contribution is -2.47. The Bertz CT molecular complexity index is 408. The molecule has 0 aliphatic carbocycles. The Morgan fingerprint density at radius 3 is 2.33 bits per heavy atom. The highest BCUT2D eigenvalue weighted by Crippen LogP contribution is 2.18. The van der Waals surface area contributed by atoms with Crippen LogP contribution in [-0.4, -0.2) is 26.8 Å². The van der Waals surface area contributed by atoms with Crippen molar-refractivity contribution in [1.82, 2.24) is 14.7 Å². The second-order valence-electron chi connectivity index (χ2n) is 5.72. The predicted octanol–water partition coefficient (Wildman–Crippen LogP) is 2.38. The molecule has 2 N–H and O–H groups in total. The number of carbonyl (C=O) groups is 1. The molecule has 0 radical (unpaired) electrons. The standard InChI is InChI=1S/C12H22N4OS/c1-7(2)9-14-11(18-16-9)13-8(3)10(17)15-12(4,5)6/h7-8H,1-6H3,(H,15,17)(H,13,14,16). The molecule has 1 aromatic heterocycles. The molecule has 1 atom stereocenters. The van der Waals surface area contributed by atoms with Gasteiger partial charge >= 0.3 is 0 Å². The zero-order chi connectivity index (χ0) is 13.9. The SMILES string of the molecule is CC(Nc1nc(C(C)C)ns1)C(=O)NC(C)(C)C. The van der Waals surface area contributed by atoms with Gasteiger partial charge in [-0.05, 0) is 27.7 Å². The van der Waals surface area contributed by atoms with Gasteiger partial charge in [0.2, 0.25) is 11.0 Å². The Morgan fingerprint density at radius 1 is 1.28 bits per heavy atom. The molecule has 0 saturated heterocycles. The van der Waals surface area contributed by atoms with E-state index in [-0.39, 0.29) is 17.5 Å². The first-order valence-corrected chi connectivity index (χ1v) is 6.88. The van der Waals surface area contributed by atoms with E-state index in [1.807, 2.05) is 41.5 Å². The highest BCUT2D eigenvalue weighted by molar-refractivity contribution is 7.09. The summed E-state index contributed by atoms with van der Waals surface area (Å²) in [4.78, 5) is 16.2. The van der Waals surface area contributed by atoms with Crippen molar-refractivity contribution in [3.63, 3.8) is 0 Å². The molecular weight excluding hydrogens is 248 g/mol. The maximum atomic E-state index is 11.9. The van der Waals surface area contributed by atoms with Crippen LogP contribution >= 0.6 is 11.5 Å². The number of amides is 1. The molecule has 1 amide bonds. The van der Waals surface area contributed by atoms with Gasteiger partial charge in [0.05, 0.1) is 0 Å². The molecule has 0 spiro atoms. The lowest BCUT2D eigenvalue weighted by Gasteiger charge is -2.23. The molecule has 18 heavy (non-hydrogen) atoms. The second kappa shape index (κ2) is 5.65. The van der Waals surface area contributed by atoms with Gasteiger partial charge in [-0.15, -0.1) is 0 Å². The summed E-state index contributed by atoms with van der Waals surface area (Å²) >= 11 is 1.29. The molecule has 5 nitrogen and oxygen atoms in total. The fourth-order valence-corrected chi connectivity index (χ4v) is 2.05. The van der Waals surface area contributed by atoms with Gasteiger partial charge in [-0.1, -0.05) is 13.8 Å². The van der Waals surface area contributed by atoms with Crippen LogP contribution in [0.1, 0.15) is 53.3 Å². The first-order chi connectivity index (χ1) is 8.19. The van der Waals surface area contributed by atoms with E-state index in [9.17, 15) is 4.79 Å². The van der Waals surface area contributed by atoms with Crippen LogP contribution in [-0.2, 0) is 4.79 Å². The summed E-state index contributed by atoms with van der Waals surface area (Å²) in [6.07, 6.45) is 0. The summed E-state index contributed by atoms with van der Waals surface area (Å²) in [5.41, 5.74) is -0.225. The van der Waals surface area contributed by atoms with Crippen LogP contribution in [0.15, 0.2) is 0 Å². The molecule has 1 aromatic rings. The van der Waals surface area contributed by atoms with Gasteiger partial charge in [0, 0.05) is 23.0 Å². The van der Waals surface area contributed by atoms with Crippen LogP contribution in [0.4, 0.5) is 5.13 Å². The van der Waals surface area contributed by atoms with E-state index < -0.39 is 0 Å². The van der Waals surface area contributed by atoms with Crippen molar-refractivity contribution in [3.05, 3.63) is 5.82 Å². The Kier molecular flexibility index (Phi) is 4.67. The van der Waals surface area contributed by atoms with E-state index in [0.717, 1.165) is 5.82 Å². The van der Waals surface area contributed by atoms with Crippen LogP contribution in [0.2, 0.25) is 0 Å². The summed E-state index contributed by atoms with van der Waals surface area (Å²) in [7, 11) is 0.